The van der Waals surface area contributed by atoms with Gasteiger partial charge in [-0.15, -0.1) is 10.2 Å². The Labute approximate surface area is 194 Å². The Morgan fingerprint density at radius 2 is 2.03 bits per heavy atom. The molecule has 0 radical (unpaired) electrons. The molecule has 1 aromatic heterocycles. The Kier molecular flexibility index (Phi) is 8.90. The molecule has 2 aromatic rings. The van der Waals surface area contributed by atoms with Crippen LogP contribution in [0.25, 0.3) is 0 Å². The highest BCUT2D eigenvalue weighted by Crippen LogP contribution is 2.24. The van der Waals surface area contributed by atoms with E-state index in [0.29, 0.717) is 11.6 Å². The Morgan fingerprint density at radius 3 is 2.75 bits per heavy atom. The van der Waals surface area contributed by atoms with Gasteiger partial charge in [-0.2, -0.15) is 0 Å². The lowest BCUT2D eigenvalue weighted by atomic mass is 9.97. The van der Waals surface area contributed by atoms with E-state index in [0.717, 1.165) is 61.4 Å². The maximum absolute atomic E-state index is 12.5. The SMILES string of the molecule is CCCNC(=O)[C@@H]1CCCN(c2ccc(SCC(=O)Nc3c(C)cccc3CC)nn2)C1. The number of benzene rings is 1. The first-order chi connectivity index (χ1) is 15.5. The molecule has 1 aliphatic rings. The normalized spacial score (nSPS) is 16.0. The van der Waals surface area contributed by atoms with Gasteiger partial charge in [0.1, 0.15) is 5.03 Å². The third kappa shape index (κ3) is 6.45. The fraction of sp³-hybridized carbons (Fsp3) is 0.500. The van der Waals surface area contributed by atoms with Gasteiger partial charge in [-0.05, 0) is 55.9 Å². The monoisotopic (exact) mass is 455 g/mol. The second kappa shape index (κ2) is 11.9. The minimum Gasteiger partial charge on any atom is -0.356 e. The minimum absolute atomic E-state index is 0.00991. The molecule has 0 bridgehead atoms. The van der Waals surface area contributed by atoms with Gasteiger partial charge in [-0.3, -0.25) is 9.59 Å². The average molecular weight is 456 g/mol. The highest BCUT2D eigenvalue weighted by Gasteiger charge is 2.26. The molecule has 7 nitrogen and oxygen atoms in total. The fourth-order valence-corrected chi connectivity index (χ4v) is 4.48. The first-order valence-corrected chi connectivity index (χ1v) is 12.4. The molecule has 1 aromatic carbocycles. The topological polar surface area (TPSA) is 87.2 Å². The van der Waals surface area contributed by atoms with Crippen LogP contribution in [-0.2, 0) is 16.0 Å². The van der Waals surface area contributed by atoms with Crippen molar-refractivity contribution < 1.29 is 9.59 Å². The smallest absolute Gasteiger partial charge is 0.234 e. The van der Waals surface area contributed by atoms with Gasteiger partial charge < -0.3 is 15.5 Å². The Hall–Kier alpha value is -2.61. The summed E-state index contributed by atoms with van der Waals surface area (Å²) in [6.07, 6.45) is 3.68. The van der Waals surface area contributed by atoms with Crippen LogP contribution >= 0.6 is 11.8 Å². The van der Waals surface area contributed by atoms with E-state index in [1.165, 1.54) is 11.8 Å². The predicted octanol–water partition coefficient (Wildman–Crippen LogP) is 3.82. The van der Waals surface area contributed by atoms with Crippen molar-refractivity contribution in [1.82, 2.24) is 15.5 Å². The minimum atomic E-state index is -0.0539. The lowest BCUT2D eigenvalue weighted by Gasteiger charge is -2.32. The number of rotatable bonds is 9. The van der Waals surface area contributed by atoms with Crippen molar-refractivity contribution in [2.75, 3.05) is 35.6 Å². The third-order valence-electron chi connectivity index (χ3n) is 5.65. The van der Waals surface area contributed by atoms with Crippen molar-refractivity contribution >= 4 is 35.1 Å². The Morgan fingerprint density at radius 1 is 1.19 bits per heavy atom. The summed E-state index contributed by atoms with van der Waals surface area (Å²) in [5, 5.41) is 15.4. The predicted molar refractivity (Wildman–Crippen MR) is 130 cm³/mol. The standard InChI is InChI=1S/C24H33N5O2S/c1-4-13-25-24(31)19-10-7-14-29(15-19)20-11-12-22(28-27-20)32-16-21(30)26-23-17(3)8-6-9-18(23)5-2/h6,8-9,11-12,19H,4-5,7,10,13-16H2,1-3H3,(H,25,31)(H,26,30)/t19-/m1/s1. The highest BCUT2D eigenvalue weighted by molar-refractivity contribution is 7.99. The van der Waals surface area contributed by atoms with Crippen LogP contribution in [0.2, 0.25) is 0 Å². The molecule has 2 N–H and O–H groups in total. The summed E-state index contributed by atoms with van der Waals surface area (Å²) in [5.41, 5.74) is 3.11. The van der Waals surface area contributed by atoms with Crippen LogP contribution in [0.15, 0.2) is 35.4 Å². The molecule has 0 unspecified atom stereocenters. The van der Waals surface area contributed by atoms with Crippen LogP contribution in [0.4, 0.5) is 11.5 Å². The van der Waals surface area contributed by atoms with Gasteiger partial charge in [0, 0.05) is 25.3 Å². The van der Waals surface area contributed by atoms with Gasteiger partial charge in [-0.25, -0.2) is 0 Å². The van der Waals surface area contributed by atoms with Gasteiger partial charge in [0.25, 0.3) is 0 Å². The second-order valence-corrected chi connectivity index (χ2v) is 9.10. The number of nitrogens with zero attached hydrogens (tertiary/aromatic N) is 3. The number of anilines is 2. The van der Waals surface area contributed by atoms with Crippen LogP contribution < -0.4 is 15.5 Å². The van der Waals surface area contributed by atoms with Gasteiger partial charge in [-0.1, -0.05) is 43.8 Å². The number of para-hydroxylation sites is 1. The molecule has 3 rings (SSSR count). The molecule has 1 atom stereocenters. The van der Waals surface area contributed by atoms with Crippen LogP contribution in [0, 0.1) is 12.8 Å². The van der Waals surface area contributed by atoms with E-state index in [1.807, 2.05) is 37.3 Å². The van der Waals surface area contributed by atoms with Gasteiger partial charge in [0.05, 0.1) is 11.7 Å². The molecule has 8 heteroatoms. The summed E-state index contributed by atoms with van der Waals surface area (Å²) in [7, 11) is 0. The van der Waals surface area contributed by atoms with Crippen LogP contribution in [0.1, 0.15) is 44.2 Å². The van der Waals surface area contributed by atoms with E-state index in [4.69, 9.17) is 0 Å². The van der Waals surface area contributed by atoms with E-state index in [2.05, 4.69) is 39.6 Å². The zero-order valence-corrected chi connectivity index (χ0v) is 20.0. The molecular formula is C24H33N5O2S. The molecule has 0 spiro atoms. The number of hydrogen-bond donors (Lipinski definition) is 2. The van der Waals surface area contributed by atoms with Gasteiger partial charge in [0.2, 0.25) is 11.8 Å². The summed E-state index contributed by atoms with van der Waals surface area (Å²) in [6, 6.07) is 9.88. The van der Waals surface area contributed by atoms with Crippen molar-refractivity contribution in [2.45, 2.75) is 51.5 Å². The van der Waals surface area contributed by atoms with Crippen molar-refractivity contribution in [3.63, 3.8) is 0 Å². The summed E-state index contributed by atoms with van der Waals surface area (Å²) in [4.78, 5) is 26.9. The fourth-order valence-electron chi connectivity index (χ4n) is 3.87. The zero-order valence-electron chi connectivity index (χ0n) is 19.2. The van der Waals surface area contributed by atoms with E-state index >= 15 is 0 Å². The number of carbonyl (C=O) groups is 2. The van der Waals surface area contributed by atoms with E-state index < -0.39 is 0 Å². The first kappa shape index (κ1) is 24.0. The lowest BCUT2D eigenvalue weighted by Crippen LogP contribution is -2.43. The lowest BCUT2D eigenvalue weighted by molar-refractivity contribution is -0.125. The number of thioether (sulfide) groups is 1. The molecule has 1 fully saturated rings. The van der Waals surface area contributed by atoms with Crippen LogP contribution in [0.3, 0.4) is 0 Å². The average Bonchev–Trinajstić information content (AvgIpc) is 2.83. The second-order valence-electron chi connectivity index (χ2n) is 8.11. The number of carbonyl (C=O) groups excluding carboxylic acids is 2. The number of piperidine rings is 1. The van der Waals surface area contributed by atoms with Crippen molar-refractivity contribution in [2.24, 2.45) is 5.92 Å². The van der Waals surface area contributed by atoms with Crippen molar-refractivity contribution in [3.05, 3.63) is 41.5 Å². The summed E-state index contributed by atoms with van der Waals surface area (Å²) < 4.78 is 0. The van der Waals surface area contributed by atoms with Gasteiger partial charge >= 0.3 is 0 Å². The summed E-state index contributed by atoms with van der Waals surface area (Å²) >= 11 is 1.37. The number of aromatic nitrogens is 2. The molecular weight excluding hydrogens is 422 g/mol. The Balaban J connectivity index is 1.52. The number of amides is 2. The van der Waals surface area contributed by atoms with E-state index in [9.17, 15) is 9.59 Å². The molecule has 2 heterocycles. The van der Waals surface area contributed by atoms with Gasteiger partial charge in [0.15, 0.2) is 5.82 Å². The maximum Gasteiger partial charge on any atom is 0.234 e. The van der Waals surface area contributed by atoms with Crippen molar-refractivity contribution in [3.8, 4) is 0 Å². The zero-order chi connectivity index (χ0) is 22.9. The van der Waals surface area contributed by atoms with Crippen molar-refractivity contribution in [1.29, 1.82) is 0 Å². The van der Waals surface area contributed by atoms with E-state index in [1.54, 1.807) is 0 Å². The maximum atomic E-state index is 12.5. The highest BCUT2D eigenvalue weighted by atomic mass is 32.2. The molecule has 172 valence electrons. The van der Waals surface area contributed by atoms with Crippen LogP contribution in [-0.4, -0.2) is 47.4 Å². The quantitative estimate of drug-likeness (QED) is 0.559. The molecule has 0 saturated carbocycles. The number of aryl methyl sites for hydroxylation is 2. The molecule has 32 heavy (non-hydrogen) atoms. The molecule has 1 aliphatic heterocycles. The summed E-state index contributed by atoms with van der Waals surface area (Å²) in [5.74, 6) is 1.11. The summed E-state index contributed by atoms with van der Waals surface area (Å²) in [6.45, 7) is 8.39. The first-order valence-electron chi connectivity index (χ1n) is 11.4. The third-order valence-corrected chi connectivity index (χ3v) is 6.57. The van der Waals surface area contributed by atoms with E-state index in [-0.39, 0.29) is 23.5 Å². The largest absolute Gasteiger partial charge is 0.356 e. The molecule has 0 aliphatic carbocycles. The van der Waals surface area contributed by atoms with Crippen LogP contribution in [0.5, 0.6) is 0 Å². The molecule has 2 amide bonds. The molecule has 1 saturated heterocycles. The number of hydrogen-bond acceptors (Lipinski definition) is 6. The number of nitrogens with one attached hydrogen (secondary N) is 2. The Bertz CT molecular complexity index is 919.